The van der Waals surface area contributed by atoms with E-state index < -0.39 is 11.9 Å². The maximum absolute atomic E-state index is 12.2. The van der Waals surface area contributed by atoms with Crippen LogP contribution in [0.25, 0.3) is 0 Å². The smallest absolute Gasteiger partial charge is 0.303 e. The molecular weight excluding hydrogens is 314 g/mol. The number of ketones is 2. The van der Waals surface area contributed by atoms with Gasteiger partial charge in [0.2, 0.25) is 0 Å². The van der Waals surface area contributed by atoms with Gasteiger partial charge in [-0.05, 0) is 38.6 Å². The van der Waals surface area contributed by atoms with Crippen molar-refractivity contribution in [3.63, 3.8) is 0 Å². The fourth-order valence-electron chi connectivity index (χ4n) is 3.46. The molecule has 3 N–H and O–H groups in total. The highest BCUT2D eigenvalue weighted by Crippen LogP contribution is 2.35. The zero-order chi connectivity index (χ0) is 18.1. The number of carboxylic acid groups (broad SMARTS) is 2. The molecule has 0 aromatic carbocycles. The molecule has 0 heterocycles. The second-order valence-electron chi connectivity index (χ2n) is 6.45. The molecule has 0 saturated heterocycles. The van der Waals surface area contributed by atoms with Crippen LogP contribution in [-0.2, 0) is 19.2 Å². The van der Waals surface area contributed by atoms with Crippen LogP contribution in [0.4, 0.5) is 0 Å². The Morgan fingerprint density at radius 2 is 1.62 bits per heavy atom. The van der Waals surface area contributed by atoms with Crippen molar-refractivity contribution in [3.05, 3.63) is 0 Å². The molecule has 0 bridgehead atoms. The molecule has 0 aromatic heterocycles. The molecule has 1 rings (SSSR count). The Labute approximate surface area is 141 Å². The summed E-state index contributed by atoms with van der Waals surface area (Å²) >= 11 is 0. The van der Waals surface area contributed by atoms with E-state index in [4.69, 9.17) is 10.2 Å². The normalized spacial score (nSPS) is 23.4. The van der Waals surface area contributed by atoms with E-state index in [0.717, 1.165) is 0 Å². The Bertz CT molecular complexity index is 476. The Morgan fingerprint density at radius 1 is 1.00 bits per heavy atom. The first-order valence-corrected chi connectivity index (χ1v) is 8.50. The van der Waals surface area contributed by atoms with Gasteiger partial charge in [-0.1, -0.05) is 0 Å². The highest BCUT2D eigenvalue weighted by Gasteiger charge is 2.41. The Kier molecular flexibility index (Phi) is 8.60. The van der Waals surface area contributed by atoms with Crippen LogP contribution >= 0.6 is 0 Å². The molecule has 3 atom stereocenters. The third kappa shape index (κ3) is 6.78. The SMILES string of the molecule is CNC1CC(=O)C(CCC(=O)CCCCC(=O)O)C1CCC(=O)O. The molecule has 0 aromatic rings. The van der Waals surface area contributed by atoms with Gasteiger partial charge >= 0.3 is 11.9 Å². The van der Waals surface area contributed by atoms with E-state index in [1.807, 2.05) is 0 Å². The topological polar surface area (TPSA) is 121 Å². The lowest BCUT2D eigenvalue weighted by Crippen LogP contribution is -2.32. The summed E-state index contributed by atoms with van der Waals surface area (Å²) in [6.45, 7) is 0. The third-order valence-electron chi connectivity index (χ3n) is 4.76. The molecule has 24 heavy (non-hydrogen) atoms. The van der Waals surface area contributed by atoms with Gasteiger partial charge < -0.3 is 15.5 Å². The minimum absolute atomic E-state index is 0.0208. The van der Waals surface area contributed by atoms with Crippen molar-refractivity contribution < 1.29 is 29.4 Å². The van der Waals surface area contributed by atoms with Crippen molar-refractivity contribution in [1.29, 1.82) is 0 Å². The number of carbonyl (C=O) groups excluding carboxylic acids is 2. The molecule has 3 unspecified atom stereocenters. The quantitative estimate of drug-likeness (QED) is 0.461. The Balaban J connectivity index is 2.44. The van der Waals surface area contributed by atoms with Crippen molar-refractivity contribution in [1.82, 2.24) is 5.32 Å². The van der Waals surface area contributed by atoms with E-state index in [1.54, 1.807) is 7.05 Å². The van der Waals surface area contributed by atoms with Crippen LogP contribution in [-0.4, -0.2) is 46.8 Å². The van der Waals surface area contributed by atoms with Crippen LogP contribution in [0.5, 0.6) is 0 Å². The summed E-state index contributed by atoms with van der Waals surface area (Å²) in [5.41, 5.74) is 0. The summed E-state index contributed by atoms with van der Waals surface area (Å²) in [4.78, 5) is 45.3. The number of nitrogens with one attached hydrogen (secondary N) is 1. The minimum atomic E-state index is -0.877. The molecule has 0 amide bonds. The summed E-state index contributed by atoms with van der Waals surface area (Å²) in [7, 11) is 1.77. The first-order valence-electron chi connectivity index (χ1n) is 8.50. The van der Waals surface area contributed by atoms with Gasteiger partial charge in [0.1, 0.15) is 11.6 Å². The van der Waals surface area contributed by atoms with E-state index in [2.05, 4.69) is 5.32 Å². The number of aliphatic carboxylic acids is 2. The number of carbonyl (C=O) groups is 4. The first kappa shape index (κ1) is 20.3. The molecule has 1 aliphatic rings. The number of Topliss-reactive ketones (excluding diaryl/α,β-unsaturated/α-hetero) is 2. The van der Waals surface area contributed by atoms with Crippen molar-refractivity contribution in [3.8, 4) is 0 Å². The maximum atomic E-state index is 12.2. The van der Waals surface area contributed by atoms with E-state index in [0.29, 0.717) is 44.9 Å². The average Bonchev–Trinajstić information content (AvgIpc) is 2.82. The van der Waals surface area contributed by atoms with E-state index in [-0.39, 0.29) is 42.3 Å². The van der Waals surface area contributed by atoms with E-state index in [1.165, 1.54) is 0 Å². The van der Waals surface area contributed by atoms with Gasteiger partial charge in [0.25, 0.3) is 0 Å². The molecule has 0 aliphatic heterocycles. The molecule has 7 nitrogen and oxygen atoms in total. The van der Waals surface area contributed by atoms with Crippen LogP contribution in [0.2, 0.25) is 0 Å². The van der Waals surface area contributed by atoms with Gasteiger partial charge in [-0.15, -0.1) is 0 Å². The van der Waals surface area contributed by atoms with Gasteiger partial charge in [-0.25, -0.2) is 0 Å². The summed E-state index contributed by atoms with van der Waals surface area (Å²) in [5.74, 6) is -1.90. The van der Waals surface area contributed by atoms with E-state index in [9.17, 15) is 19.2 Å². The molecule has 0 radical (unpaired) electrons. The van der Waals surface area contributed by atoms with Crippen LogP contribution in [0.15, 0.2) is 0 Å². The molecule has 1 saturated carbocycles. The summed E-state index contributed by atoms with van der Waals surface area (Å²) in [6, 6.07) is -0.0208. The third-order valence-corrected chi connectivity index (χ3v) is 4.76. The number of hydrogen-bond acceptors (Lipinski definition) is 5. The first-order chi connectivity index (χ1) is 11.3. The lowest BCUT2D eigenvalue weighted by atomic mass is 9.85. The molecule has 1 fully saturated rings. The summed E-state index contributed by atoms with van der Waals surface area (Å²) in [5, 5.41) is 20.5. The van der Waals surface area contributed by atoms with Gasteiger partial charge in [-0.3, -0.25) is 19.2 Å². The van der Waals surface area contributed by atoms with Gasteiger partial charge in [0, 0.05) is 44.1 Å². The standard InChI is InChI=1S/C17H27NO6/c1-18-14-10-15(20)13(12(14)8-9-17(23)24)7-6-11(19)4-2-3-5-16(21)22/h12-14,18H,2-10H2,1H3,(H,21,22)(H,23,24). The second-order valence-corrected chi connectivity index (χ2v) is 6.45. The molecule has 136 valence electrons. The Morgan fingerprint density at radius 3 is 2.21 bits per heavy atom. The second kappa shape index (κ2) is 10.2. The zero-order valence-electron chi connectivity index (χ0n) is 14.1. The van der Waals surface area contributed by atoms with E-state index >= 15 is 0 Å². The largest absolute Gasteiger partial charge is 0.481 e. The Hall–Kier alpha value is -1.76. The lowest BCUT2D eigenvalue weighted by molar-refractivity contribution is -0.138. The predicted octanol–water partition coefficient (Wildman–Crippen LogP) is 1.64. The van der Waals surface area contributed by atoms with Crippen LogP contribution in [0.3, 0.4) is 0 Å². The monoisotopic (exact) mass is 341 g/mol. The minimum Gasteiger partial charge on any atom is -0.481 e. The molecule has 0 spiro atoms. The fraction of sp³-hybridized carbons (Fsp3) is 0.765. The number of carboxylic acids is 2. The van der Waals surface area contributed by atoms with Gasteiger partial charge in [0.15, 0.2) is 0 Å². The number of unbranched alkanes of at least 4 members (excludes halogenated alkanes) is 1. The molecule has 7 heteroatoms. The van der Waals surface area contributed by atoms with Gasteiger partial charge in [0.05, 0.1) is 0 Å². The highest BCUT2D eigenvalue weighted by molar-refractivity contribution is 5.86. The fourth-order valence-corrected chi connectivity index (χ4v) is 3.46. The van der Waals surface area contributed by atoms with Gasteiger partial charge in [-0.2, -0.15) is 0 Å². The van der Waals surface area contributed by atoms with Crippen molar-refractivity contribution in [2.24, 2.45) is 11.8 Å². The predicted molar refractivity (Wildman–Crippen MR) is 86.7 cm³/mol. The lowest BCUT2D eigenvalue weighted by Gasteiger charge is -2.22. The summed E-state index contributed by atoms with van der Waals surface area (Å²) in [6.07, 6.45) is 3.03. The highest BCUT2D eigenvalue weighted by atomic mass is 16.4. The zero-order valence-corrected chi connectivity index (χ0v) is 14.1. The van der Waals surface area contributed by atoms with Crippen LogP contribution in [0, 0.1) is 11.8 Å². The van der Waals surface area contributed by atoms with Crippen molar-refractivity contribution >= 4 is 23.5 Å². The molecule has 1 aliphatic carbocycles. The van der Waals surface area contributed by atoms with Crippen molar-refractivity contribution in [2.45, 2.75) is 63.8 Å². The van der Waals surface area contributed by atoms with Crippen LogP contribution in [0.1, 0.15) is 57.8 Å². The number of hydrogen-bond donors (Lipinski definition) is 3. The molecular formula is C17H27NO6. The maximum Gasteiger partial charge on any atom is 0.303 e. The number of rotatable bonds is 12. The average molecular weight is 341 g/mol. The van der Waals surface area contributed by atoms with Crippen LogP contribution < -0.4 is 5.32 Å². The van der Waals surface area contributed by atoms with Crippen molar-refractivity contribution in [2.75, 3.05) is 7.05 Å². The summed E-state index contributed by atoms with van der Waals surface area (Å²) < 4.78 is 0.